The van der Waals surface area contributed by atoms with Gasteiger partial charge in [0.25, 0.3) is 0 Å². The highest BCUT2D eigenvalue weighted by molar-refractivity contribution is 6.09. The molecular weight excluding hydrogens is 765 g/mol. The van der Waals surface area contributed by atoms with Gasteiger partial charge in [0.05, 0.1) is 16.4 Å². The molecule has 11 rings (SSSR count). The molecule has 0 saturated heterocycles. The van der Waals surface area contributed by atoms with Crippen LogP contribution in [0.15, 0.2) is 237 Å². The zero-order chi connectivity index (χ0) is 42.2. The molecule has 0 N–H and O–H groups in total. The second-order valence-corrected chi connectivity index (χ2v) is 16.1. The van der Waals surface area contributed by atoms with Crippen LogP contribution in [0.25, 0.3) is 72.8 Å². The van der Waals surface area contributed by atoms with Crippen LogP contribution in [0.4, 0.5) is 0 Å². The Bertz CT molecular complexity index is 3230. The number of para-hydroxylation sites is 1. The Morgan fingerprint density at radius 2 is 0.762 bits per heavy atom. The van der Waals surface area contributed by atoms with Crippen molar-refractivity contribution in [3.63, 3.8) is 0 Å². The van der Waals surface area contributed by atoms with Crippen LogP contribution in [0, 0.1) is 6.92 Å². The molecule has 2 aromatic heterocycles. The Hall–Kier alpha value is -8.21. The summed E-state index contributed by atoms with van der Waals surface area (Å²) in [6, 6.07) is 84.4. The molecule has 2 heterocycles. The summed E-state index contributed by atoms with van der Waals surface area (Å²) in [7, 11) is 0. The van der Waals surface area contributed by atoms with Crippen molar-refractivity contribution in [2.24, 2.45) is 0 Å². The van der Waals surface area contributed by atoms with Crippen LogP contribution >= 0.6 is 0 Å². The zero-order valence-electron chi connectivity index (χ0n) is 34.8. The van der Waals surface area contributed by atoms with Gasteiger partial charge in [-0.1, -0.05) is 200 Å². The van der Waals surface area contributed by atoms with Crippen molar-refractivity contribution in [3.05, 3.63) is 264 Å². The lowest BCUT2D eigenvalue weighted by Gasteiger charge is -2.37. The molecule has 4 nitrogen and oxygen atoms in total. The molecular formula is C59H42N4. The SMILES string of the molecule is Cc1ccc2c(c1)c1ccccc1n2-c1cc(-c2cccc(C(c3ccccc3)(c3ccccc3)c3ccccc3)c2)cc(-c2nc(-c3ccccc3)nc(-c3ccccc3)n2)c1. The summed E-state index contributed by atoms with van der Waals surface area (Å²) in [5.41, 5.74) is 13.6. The molecule has 0 aliphatic carbocycles. The van der Waals surface area contributed by atoms with Crippen LogP contribution in [0.5, 0.6) is 0 Å². The molecule has 0 amide bonds. The van der Waals surface area contributed by atoms with Crippen molar-refractivity contribution in [3.8, 4) is 51.0 Å². The molecule has 63 heavy (non-hydrogen) atoms. The van der Waals surface area contributed by atoms with E-state index in [4.69, 9.17) is 15.0 Å². The van der Waals surface area contributed by atoms with Crippen LogP contribution in [0.3, 0.4) is 0 Å². The smallest absolute Gasteiger partial charge is 0.164 e. The number of aromatic nitrogens is 4. The van der Waals surface area contributed by atoms with Crippen molar-refractivity contribution in [2.75, 3.05) is 0 Å². The van der Waals surface area contributed by atoms with E-state index in [-0.39, 0.29) is 0 Å². The molecule has 11 aromatic rings. The van der Waals surface area contributed by atoms with E-state index < -0.39 is 5.41 Å². The summed E-state index contributed by atoms with van der Waals surface area (Å²) < 4.78 is 2.39. The fourth-order valence-electron chi connectivity index (χ4n) is 9.34. The third-order valence-electron chi connectivity index (χ3n) is 12.2. The van der Waals surface area contributed by atoms with Gasteiger partial charge in [-0.05, 0) is 82.8 Å². The maximum absolute atomic E-state index is 5.24. The lowest BCUT2D eigenvalue weighted by molar-refractivity contribution is 0.745. The van der Waals surface area contributed by atoms with Gasteiger partial charge in [0.15, 0.2) is 17.5 Å². The van der Waals surface area contributed by atoms with Gasteiger partial charge in [0, 0.05) is 33.2 Å². The number of benzene rings is 9. The summed E-state index contributed by atoms with van der Waals surface area (Å²) in [6.07, 6.45) is 0. The van der Waals surface area contributed by atoms with Gasteiger partial charge in [0.1, 0.15) is 0 Å². The van der Waals surface area contributed by atoms with Gasteiger partial charge in [0.2, 0.25) is 0 Å². The topological polar surface area (TPSA) is 43.6 Å². The molecule has 0 fully saturated rings. The Morgan fingerprint density at radius 1 is 0.317 bits per heavy atom. The molecule has 0 saturated carbocycles. The molecule has 0 bridgehead atoms. The molecule has 0 aliphatic rings. The number of aryl methyl sites for hydroxylation is 1. The number of hydrogen-bond acceptors (Lipinski definition) is 3. The van der Waals surface area contributed by atoms with Gasteiger partial charge >= 0.3 is 0 Å². The summed E-state index contributed by atoms with van der Waals surface area (Å²) in [6.45, 7) is 2.16. The largest absolute Gasteiger partial charge is 0.309 e. The van der Waals surface area contributed by atoms with Crippen LogP contribution in [-0.2, 0) is 5.41 Å². The van der Waals surface area contributed by atoms with E-state index in [1.807, 2.05) is 36.4 Å². The monoisotopic (exact) mass is 806 g/mol. The molecule has 0 unspecified atom stereocenters. The van der Waals surface area contributed by atoms with Gasteiger partial charge in [-0.2, -0.15) is 0 Å². The van der Waals surface area contributed by atoms with E-state index in [9.17, 15) is 0 Å². The predicted octanol–water partition coefficient (Wildman–Crippen LogP) is 14.3. The fourth-order valence-corrected chi connectivity index (χ4v) is 9.34. The Labute approximate surface area is 367 Å². The lowest BCUT2D eigenvalue weighted by atomic mass is 9.65. The lowest BCUT2D eigenvalue weighted by Crippen LogP contribution is -2.31. The minimum Gasteiger partial charge on any atom is -0.309 e. The van der Waals surface area contributed by atoms with Gasteiger partial charge < -0.3 is 4.57 Å². The van der Waals surface area contributed by atoms with E-state index in [0.29, 0.717) is 17.5 Å². The zero-order valence-corrected chi connectivity index (χ0v) is 34.8. The van der Waals surface area contributed by atoms with E-state index in [1.165, 1.54) is 38.6 Å². The quantitative estimate of drug-likeness (QED) is 0.136. The van der Waals surface area contributed by atoms with E-state index in [2.05, 4.69) is 212 Å². The molecule has 0 atom stereocenters. The van der Waals surface area contributed by atoms with E-state index >= 15 is 0 Å². The third-order valence-corrected chi connectivity index (χ3v) is 12.2. The summed E-state index contributed by atoms with van der Waals surface area (Å²) >= 11 is 0. The highest BCUT2D eigenvalue weighted by Gasteiger charge is 2.38. The highest BCUT2D eigenvalue weighted by atomic mass is 15.0. The third kappa shape index (κ3) is 6.79. The molecule has 0 spiro atoms. The van der Waals surface area contributed by atoms with E-state index in [0.717, 1.165) is 44.5 Å². The minimum atomic E-state index is -0.603. The number of hydrogen-bond donors (Lipinski definition) is 0. The number of rotatable bonds is 9. The standard InChI is InChI=1S/C59H42N4/c1-41-34-35-55-53(36-41)52-32-17-18-33-54(52)63(55)51-39-45(37-46(40-51)58-61-56(42-20-7-2-8-21-42)60-57(62-58)43-22-9-3-10-23-43)44-24-19-31-50(38-44)59(47-25-11-4-12-26-47,48-27-13-5-14-28-48)49-29-15-6-16-30-49/h2-40H,1H3. The van der Waals surface area contributed by atoms with Crippen molar-refractivity contribution < 1.29 is 0 Å². The van der Waals surface area contributed by atoms with Crippen molar-refractivity contribution >= 4 is 21.8 Å². The number of nitrogens with zero attached hydrogens (tertiary/aromatic N) is 4. The second kappa shape index (κ2) is 16.0. The van der Waals surface area contributed by atoms with Gasteiger partial charge in [-0.25, -0.2) is 15.0 Å². The van der Waals surface area contributed by atoms with Crippen molar-refractivity contribution in [1.29, 1.82) is 0 Å². The maximum atomic E-state index is 5.24. The average Bonchev–Trinajstić information content (AvgIpc) is 3.69. The molecule has 298 valence electrons. The summed E-state index contributed by atoms with van der Waals surface area (Å²) in [4.78, 5) is 15.5. The maximum Gasteiger partial charge on any atom is 0.164 e. The Kier molecular flexibility index (Phi) is 9.59. The van der Waals surface area contributed by atoms with Crippen LogP contribution in [0.1, 0.15) is 27.8 Å². The molecule has 9 aromatic carbocycles. The van der Waals surface area contributed by atoms with Crippen LogP contribution in [0.2, 0.25) is 0 Å². The second-order valence-electron chi connectivity index (χ2n) is 16.1. The van der Waals surface area contributed by atoms with Gasteiger partial charge in [-0.15, -0.1) is 0 Å². The first-order chi connectivity index (χ1) is 31.1. The first-order valence-electron chi connectivity index (χ1n) is 21.4. The Morgan fingerprint density at radius 3 is 1.33 bits per heavy atom. The van der Waals surface area contributed by atoms with Crippen molar-refractivity contribution in [2.45, 2.75) is 12.3 Å². The molecule has 4 heteroatoms. The van der Waals surface area contributed by atoms with Crippen LogP contribution < -0.4 is 0 Å². The average molecular weight is 807 g/mol. The fraction of sp³-hybridized carbons (Fsp3) is 0.0339. The number of fused-ring (bicyclic) bond motifs is 3. The minimum absolute atomic E-state index is 0.603. The van der Waals surface area contributed by atoms with Crippen LogP contribution in [-0.4, -0.2) is 19.5 Å². The highest BCUT2D eigenvalue weighted by Crippen LogP contribution is 2.46. The molecule has 0 aliphatic heterocycles. The first kappa shape index (κ1) is 37.8. The Balaban J connectivity index is 1.20. The summed E-state index contributed by atoms with van der Waals surface area (Å²) in [5.74, 6) is 1.85. The van der Waals surface area contributed by atoms with Crippen molar-refractivity contribution in [1.82, 2.24) is 19.5 Å². The first-order valence-corrected chi connectivity index (χ1v) is 21.4. The van der Waals surface area contributed by atoms with Gasteiger partial charge in [-0.3, -0.25) is 0 Å². The normalized spacial score (nSPS) is 11.6. The predicted molar refractivity (Wildman–Crippen MR) is 259 cm³/mol. The van der Waals surface area contributed by atoms with E-state index in [1.54, 1.807) is 0 Å². The summed E-state index contributed by atoms with van der Waals surface area (Å²) in [5, 5.41) is 2.43. The molecule has 0 radical (unpaired) electrons.